The molecule has 0 saturated carbocycles. The number of ether oxygens (including phenoxy) is 1. The molecule has 1 amide bonds. The molecule has 0 unspecified atom stereocenters. The minimum atomic E-state index is 0.181. The molecule has 1 aromatic carbocycles. The van der Waals surface area contributed by atoms with Crippen LogP contribution in [0.25, 0.3) is 0 Å². The fourth-order valence-corrected chi connectivity index (χ4v) is 3.45. The molecule has 120 valence electrons. The highest BCUT2D eigenvalue weighted by Crippen LogP contribution is 2.25. The third-order valence-corrected chi connectivity index (χ3v) is 5.08. The van der Waals surface area contributed by atoms with E-state index >= 15 is 0 Å². The number of hydrogen-bond acceptors (Lipinski definition) is 3. The average molecular weight is 302 g/mol. The first kappa shape index (κ1) is 15.3. The molecule has 2 fully saturated rings. The summed E-state index contributed by atoms with van der Waals surface area (Å²) in [7, 11) is 0. The van der Waals surface area contributed by atoms with E-state index in [2.05, 4.69) is 41.8 Å². The van der Waals surface area contributed by atoms with Gasteiger partial charge in [-0.1, -0.05) is 12.1 Å². The van der Waals surface area contributed by atoms with Crippen LogP contribution in [0.3, 0.4) is 0 Å². The number of carbonyl (C=O) groups excluding carboxylic acids is 1. The van der Waals surface area contributed by atoms with E-state index in [4.69, 9.17) is 4.74 Å². The highest BCUT2D eigenvalue weighted by atomic mass is 16.5. The second kappa shape index (κ2) is 6.69. The number of hydrogen-bond donors (Lipinski definition) is 0. The molecule has 4 heteroatoms. The van der Waals surface area contributed by atoms with Crippen LogP contribution in [0.1, 0.15) is 24.0 Å². The van der Waals surface area contributed by atoms with Crippen LogP contribution in [0.4, 0.5) is 5.69 Å². The molecule has 0 radical (unpaired) electrons. The Morgan fingerprint density at radius 1 is 1.09 bits per heavy atom. The SMILES string of the molecule is Cc1cccc(N2CCN(C(=O)C3CCOCC3)CC2)c1C. The zero-order valence-electron chi connectivity index (χ0n) is 13.7. The molecule has 2 heterocycles. The van der Waals surface area contributed by atoms with Crippen LogP contribution in [-0.4, -0.2) is 50.2 Å². The van der Waals surface area contributed by atoms with Crippen molar-refractivity contribution in [2.45, 2.75) is 26.7 Å². The Morgan fingerprint density at radius 2 is 1.77 bits per heavy atom. The third-order valence-electron chi connectivity index (χ3n) is 5.08. The third kappa shape index (κ3) is 3.12. The van der Waals surface area contributed by atoms with E-state index in [1.165, 1.54) is 16.8 Å². The molecule has 0 spiro atoms. The number of carbonyl (C=O) groups is 1. The molecule has 2 aliphatic rings. The van der Waals surface area contributed by atoms with Gasteiger partial charge >= 0.3 is 0 Å². The molecule has 3 rings (SSSR count). The molecular formula is C18H26N2O2. The molecule has 1 aromatic rings. The summed E-state index contributed by atoms with van der Waals surface area (Å²) in [5.41, 5.74) is 4.00. The minimum Gasteiger partial charge on any atom is -0.381 e. The van der Waals surface area contributed by atoms with Gasteiger partial charge in [0.2, 0.25) is 5.91 Å². The van der Waals surface area contributed by atoms with Crippen LogP contribution in [0.5, 0.6) is 0 Å². The van der Waals surface area contributed by atoms with Crippen molar-refractivity contribution in [3.05, 3.63) is 29.3 Å². The Labute approximate surface area is 133 Å². The lowest BCUT2D eigenvalue weighted by Gasteiger charge is -2.38. The lowest BCUT2D eigenvalue weighted by Crippen LogP contribution is -2.51. The van der Waals surface area contributed by atoms with Crippen molar-refractivity contribution < 1.29 is 9.53 Å². The summed E-state index contributed by atoms with van der Waals surface area (Å²) in [6.45, 7) is 9.34. The molecule has 2 saturated heterocycles. The van der Waals surface area contributed by atoms with Crippen LogP contribution in [0, 0.1) is 19.8 Å². The van der Waals surface area contributed by atoms with E-state index in [-0.39, 0.29) is 5.92 Å². The Morgan fingerprint density at radius 3 is 2.45 bits per heavy atom. The van der Waals surface area contributed by atoms with Crippen molar-refractivity contribution in [3.63, 3.8) is 0 Å². The number of aryl methyl sites for hydroxylation is 1. The van der Waals surface area contributed by atoms with Crippen LogP contribution >= 0.6 is 0 Å². The molecule has 22 heavy (non-hydrogen) atoms. The predicted molar refractivity (Wildman–Crippen MR) is 88.3 cm³/mol. The quantitative estimate of drug-likeness (QED) is 0.841. The van der Waals surface area contributed by atoms with Crippen molar-refractivity contribution in [1.29, 1.82) is 0 Å². The van der Waals surface area contributed by atoms with Gasteiger partial charge in [0, 0.05) is 51.0 Å². The second-order valence-electron chi connectivity index (χ2n) is 6.42. The zero-order chi connectivity index (χ0) is 15.5. The van der Waals surface area contributed by atoms with E-state index in [9.17, 15) is 4.79 Å². The first-order valence-corrected chi connectivity index (χ1v) is 8.34. The molecule has 0 bridgehead atoms. The average Bonchev–Trinajstić information content (AvgIpc) is 2.58. The van der Waals surface area contributed by atoms with Crippen molar-refractivity contribution >= 4 is 11.6 Å². The number of rotatable bonds is 2. The highest BCUT2D eigenvalue weighted by Gasteiger charge is 2.29. The van der Waals surface area contributed by atoms with E-state index in [1.54, 1.807) is 0 Å². The van der Waals surface area contributed by atoms with Gasteiger partial charge in [-0.05, 0) is 43.9 Å². The maximum atomic E-state index is 12.6. The fraction of sp³-hybridized carbons (Fsp3) is 0.611. The summed E-state index contributed by atoms with van der Waals surface area (Å²) in [6.07, 6.45) is 1.77. The molecular weight excluding hydrogens is 276 g/mol. The normalized spacial score (nSPS) is 20.3. The zero-order valence-corrected chi connectivity index (χ0v) is 13.7. The van der Waals surface area contributed by atoms with Crippen molar-refractivity contribution in [2.75, 3.05) is 44.3 Å². The van der Waals surface area contributed by atoms with Gasteiger partial charge in [-0.3, -0.25) is 4.79 Å². The van der Waals surface area contributed by atoms with Gasteiger partial charge in [0.05, 0.1) is 0 Å². The predicted octanol–water partition coefficient (Wildman–Crippen LogP) is 2.38. The molecule has 2 aliphatic heterocycles. The summed E-state index contributed by atoms with van der Waals surface area (Å²) in [5, 5.41) is 0. The number of piperazine rings is 1. The van der Waals surface area contributed by atoms with Crippen molar-refractivity contribution in [2.24, 2.45) is 5.92 Å². The van der Waals surface area contributed by atoms with Crippen LogP contribution in [-0.2, 0) is 9.53 Å². The highest BCUT2D eigenvalue weighted by molar-refractivity contribution is 5.79. The summed E-state index contributed by atoms with van der Waals surface area (Å²) < 4.78 is 5.36. The maximum absolute atomic E-state index is 12.6. The molecule has 0 aromatic heterocycles. The van der Waals surface area contributed by atoms with Gasteiger partial charge < -0.3 is 14.5 Å². The molecule has 0 N–H and O–H groups in total. The number of amides is 1. The van der Waals surface area contributed by atoms with Crippen molar-refractivity contribution in [1.82, 2.24) is 4.90 Å². The topological polar surface area (TPSA) is 32.8 Å². The van der Waals surface area contributed by atoms with Gasteiger partial charge in [0.15, 0.2) is 0 Å². The smallest absolute Gasteiger partial charge is 0.225 e. The largest absolute Gasteiger partial charge is 0.381 e. The first-order chi connectivity index (χ1) is 10.7. The van der Waals surface area contributed by atoms with Gasteiger partial charge in [-0.25, -0.2) is 0 Å². The van der Waals surface area contributed by atoms with Crippen molar-refractivity contribution in [3.8, 4) is 0 Å². The Hall–Kier alpha value is -1.55. The van der Waals surface area contributed by atoms with Crippen LogP contribution in [0.2, 0.25) is 0 Å². The standard InChI is InChI=1S/C18H26N2O2/c1-14-4-3-5-17(15(14)2)19-8-10-20(11-9-19)18(21)16-6-12-22-13-7-16/h3-5,16H,6-13H2,1-2H3. The number of benzene rings is 1. The first-order valence-electron chi connectivity index (χ1n) is 8.34. The van der Waals surface area contributed by atoms with Gasteiger partial charge in [0.1, 0.15) is 0 Å². The Balaban J connectivity index is 1.60. The monoisotopic (exact) mass is 302 g/mol. The van der Waals surface area contributed by atoms with Gasteiger partial charge in [-0.2, -0.15) is 0 Å². The summed E-state index contributed by atoms with van der Waals surface area (Å²) >= 11 is 0. The van der Waals surface area contributed by atoms with E-state index in [1.807, 2.05) is 0 Å². The van der Waals surface area contributed by atoms with Gasteiger partial charge in [-0.15, -0.1) is 0 Å². The summed E-state index contributed by atoms with van der Waals surface area (Å²) in [4.78, 5) is 17.0. The molecule has 4 nitrogen and oxygen atoms in total. The van der Waals surface area contributed by atoms with Crippen LogP contribution < -0.4 is 4.90 Å². The summed E-state index contributed by atoms with van der Waals surface area (Å²) in [5.74, 6) is 0.518. The Bertz CT molecular complexity index is 530. The van der Waals surface area contributed by atoms with Gasteiger partial charge in [0.25, 0.3) is 0 Å². The molecule has 0 atom stereocenters. The van der Waals surface area contributed by atoms with E-state index in [0.717, 1.165) is 52.2 Å². The van der Waals surface area contributed by atoms with E-state index in [0.29, 0.717) is 5.91 Å². The lowest BCUT2D eigenvalue weighted by molar-refractivity contribution is -0.138. The lowest BCUT2D eigenvalue weighted by atomic mass is 9.98. The number of anilines is 1. The second-order valence-corrected chi connectivity index (χ2v) is 6.42. The van der Waals surface area contributed by atoms with E-state index < -0.39 is 0 Å². The maximum Gasteiger partial charge on any atom is 0.225 e. The molecule has 0 aliphatic carbocycles. The number of nitrogens with zero attached hydrogens (tertiary/aromatic N) is 2. The Kier molecular flexibility index (Phi) is 4.67. The minimum absolute atomic E-state index is 0.181. The fourth-order valence-electron chi connectivity index (χ4n) is 3.45. The summed E-state index contributed by atoms with van der Waals surface area (Å²) in [6, 6.07) is 6.47. The van der Waals surface area contributed by atoms with Crippen LogP contribution in [0.15, 0.2) is 18.2 Å².